The standard InChI is InChI=1S/C31H43ClN8O/c1-22(17-23-13-16-39(21-23)29(41)12-8-14-37(2)3)38(4)25-10-7-9-24(18-25)35-31-33-20-27(32)30(36-31)26-19-34-40-15-6-5-11-28(26)40/h5-6,8,11-12,15,19-20,22-25H,7,9-10,13-14,16-18,21H2,1-4H3,(H,33,35,36)/b12-8+/t22?,23?,24?,25-/m0/s1. The fraction of sp³-hybridized carbons (Fsp3) is 0.548. The summed E-state index contributed by atoms with van der Waals surface area (Å²) in [4.78, 5) is 28.5. The molecule has 0 aromatic carbocycles. The van der Waals surface area contributed by atoms with Gasteiger partial charge in [0, 0.05) is 55.6 Å². The molecule has 4 heterocycles. The number of carbonyl (C=O) groups excluding carboxylic acids is 1. The summed E-state index contributed by atoms with van der Waals surface area (Å²) in [6, 6.07) is 7.20. The van der Waals surface area contributed by atoms with E-state index < -0.39 is 0 Å². The summed E-state index contributed by atoms with van der Waals surface area (Å²) in [6.07, 6.45) is 15.8. The molecule has 1 N–H and O–H groups in total. The maximum absolute atomic E-state index is 12.6. The lowest BCUT2D eigenvalue weighted by molar-refractivity contribution is -0.125. The third-order valence-electron chi connectivity index (χ3n) is 8.68. The van der Waals surface area contributed by atoms with E-state index >= 15 is 0 Å². The van der Waals surface area contributed by atoms with Crippen LogP contribution in [0.25, 0.3) is 16.8 Å². The normalized spacial score (nSPS) is 22.3. The summed E-state index contributed by atoms with van der Waals surface area (Å²) in [7, 11) is 6.28. The van der Waals surface area contributed by atoms with E-state index in [9.17, 15) is 4.79 Å². The average molecular weight is 579 g/mol. The van der Waals surface area contributed by atoms with Crippen molar-refractivity contribution in [3.8, 4) is 11.3 Å². The van der Waals surface area contributed by atoms with Crippen LogP contribution in [-0.2, 0) is 4.79 Å². The molecule has 1 aliphatic carbocycles. The molecular weight excluding hydrogens is 536 g/mol. The monoisotopic (exact) mass is 578 g/mol. The minimum absolute atomic E-state index is 0.144. The van der Waals surface area contributed by atoms with Crippen molar-refractivity contribution in [3.05, 3.63) is 54.0 Å². The number of halogens is 1. The molecule has 220 valence electrons. The molecule has 3 aromatic heterocycles. The van der Waals surface area contributed by atoms with E-state index in [0.29, 0.717) is 40.7 Å². The third-order valence-corrected chi connectivity index (χ3v) is 8.96. The van der Waals surface area contributed by atoms with E-state index in [1.165, 1.54) is 12.8 Å². The van der Waals surface area contributed by atoms with Crippen LogP contribution in [0.4, 0.5) is 5.95 Å². The number of nitrogens with one attached hydrogen (secondary N) is 1. The van der Waals surface area contributed by atoms with E-state index in [0.717, 1.165) is 56.4 Å². The average Bonchev–Trinajstić information content (AvgIpc) is 3.61. The zero-order valence-electron chi connectivity index (χ0n) is 24.7. The highest BCUT2D eigenvalue weighted by atomic mass is 35.5. The maximum atomic E-state index is 12.6. The number of likely N-dealkylation sites (N-methyl/N-ethyl adjacent to an activating group) is 1. The molecule has 0 bridgehead atoms. The van der Waals surface area contributed by atoms with Crippen LogP contribution >= 0.6 is 11.6 Å². The van der Waals surface area contributed by atoms with E-state index in [2.05, 4.69) is 39.2 Å². The Labute approximate surface area is 248 Å². The van der Waals surface area contributed by atoms with Gasteiger partial charge < -0.3 is 20.0 Å². The number of carbonyl (C=O) groups is 1. The maximum Gasteiger partial charge on any atom is 0.246 e. The number of hydrogen-bond acceptors (Lipinski definition) is 7. The van der Waals surface area contributed by atoms with Gasteiger partial charge in [0.15, 0.2) is 0 Å². The van der Waals surface area contributed by atoms with Crippen molar-refractivity contribution in [2.75, 3.05) is 46.1 Å². The molecular formula is C31H43ClN8O. The molecule has 2 aliphatic rings. The lowest BCUT2D eigenvalue weighted by atomic mass is 9.88. The van der Waals surface area contributed by atoms with E-state index in [4.69, 9.17) is 16.6 Å². The second-order valence-corrected chi connectivity index (χ2v) is 12.4. The van der Waals surface area contributed by atoms with Gasteiger partial charge in [-0.1, -0.05) is 23.7 Å². The third kappa shape index (κ3) is 7.26. The highest BCUT2D eigenvalue weighted by molar-refractivity contribution is 6.33. The zero-order chi connectivity index (χ0) is 28.9. The summed E-state index contributed by atoms with van der Waals surface area (Å²) in [5.74, 6) is 1.30. The number of anilines is 1. The Morgan fingerprint density at radius 2 is 2.07 bits per heavy atom. The first kappa shape index (κ1) is 29.5. The molecule has 1 amide bonds. The number of amides is 1. The first-order chi connectivity index (χ1) is 19.8. The molecule has 2 fully saturated rings. The summed E-state index contributed by atoms with van der Waals surface area (Å²) in [6.45, 7) is 4.85. The highest BCUT2D eigenvalue weighted by Gasteiger charge is 2.31. The molecule has 1 saturated carbocycles. The fourth-order valence-electron chi connectivity index (χ4n) is 6.29. The van der Waals surface area contributed by atoms with Crippen LogP contribution in [0, 0.1) is 5.92 Å². The number of nitrogens with zero attached hydrogens (tertiary/aromatic N) is 7. The van der Waals surface area contributed by atoms with Crippen LogP contribution in [0.15, 0.2) is 48.9 Å². The predicted octanol–water partition coefficient (Wildman–Crippen LogP) is 4.84. The Bertz CT molecular complexity index is 1360. The van der Waals surface area contributed by atoms with Crippen LogP contribution in [-0.4, -0.2) is 99.1 Å². The van der Waals surface area contributed by atoms with E-state index in [1.807, 2.05) is 60.2 Å². The SMILES string of the molecule is CC(CC1CCN(C(=O)/C=C/CN(C)C)C1)N(C)[C@H]1CCCC(Nc2ncc(Cl)c(-c3cnn4ccccc34)n2)C1. The van der Waals surface area contributed by atoms with Gasteiger partial charge in [0.25, 0.3) is 0 Å². The molecule has 41 heavy (non-hydrogen) atoms. The van der Waals surface area contributed by atoms with Crippen LogP contribution in [0.3, 0.4) is 0 Å². The van der Waals surface area contributed by atoms with Crippen molar-refractivity contribution in [2.24, 2.45) is 5.92 Å². The number of aromatic nitrogens is 4. The quantitative estimate of drug-likeness (QED) is 0.345. The second kappa shape index (κ2) is 13.3. The Hall–Kier alpha value is -3.01. The molecule has 4 atom stereocenters. The van der Waals surface area contributed by atoms with Crippen molar-refractivity contribution in [3.63, 3.8) is 0 Å². The lowest BCUT2D eigenvalue weighted by Gasteiger charge is -2.39. The van der Waals surface area contributed by atoms with Crippen LogP contribution in [0.2, 0.25) is 5.02 Å². The highest BCUT2D eigenvalue weighted by Crippen LogP contribution is 2.32. The predicted molar refractivity (Wildman–Crippen MR) is 165 cm³/mol. The van der Waals surface area contributed by atoms with Gasteiger partial charge in [0.05, 0.1) is 28.6 Å². The fourth-order valence-corrected chi connectivity index (χ4v) is 6.49. The number of likely N-dealkylation sites (tertiary alicyclic amines) is 1. The Balaban J connectivity index is 1.15. The van der Waals surface area contributed by atoms with Crippen molar-refractivity contribution in [1.29, 1.82) is 0 Å². The van der Waals surface area contributed by atoms with E-state index in [1.54, 1.807) is 12.3 Å². The summed E-state index contributed by atoms with van der Waals surface area (Å²) in [5, 5.41) is 8.57. The molecule has 0 radical (unpaired) electrons. The van der Waals surface area contributed by atoms with Gasteiger partial charge in [-0.15, -0.1) is 0 Å². The molecule has 10 heteroatoms. The number of hydrogen-bond donors (Lipinski definition) is 1. The first-order valence-electron chi connectivity index (χ1n) is 14.8. The van der Waals surface area contributed by atoms with Crippen molar-refractivity contribution >= 4 is 29.0 Å². The van der Waals surface area contributed by atoms with Gasteiger partial charge in [0.1, 0.15) is 0 Å². The van der Waals surface area contributed by atoms with Gasteiger partial charge in [0.2, 0.25) is 11.9 Å². The molecule has 1 saturated heterocycles. The summed E-state index contributed by atoms with van der Waals surface area (Å²) < 4.78 is 1.83. The minimum atomic E-state index is 0.144. The lowest BCUT2D eigenvalue weighted by Crippen LogP contribution is -2.45. The van der Waals surface area contributed by atoms with Crippen LogP contribution in [0.1, 0.15) is 45.4 Å². The first-order valence-corrected chi connectivity index (χ1v) is 15.2. The van der Waals surface area contributed by atoms with Crippen molar-refractivity contribution in [2.45, 2.75) is 63.6 Å². The van der Waals surface area contributed by atoms with E-state index in [-0.39, 0.29) is 5.91 Å². The molecule has 3 aromatic rings. The Morgan fingerprint density at radius 1 is 1.22 bits per heavy atom. The zero-order valence-corrected chi connectivity index (χ0v) is 25.5. The van der Waals surface area contributed by atoms with Gasteiger partial charge >= 0.3 is 0 Å². The van der Waals surface area contributed by atoms with Gasteiger partial charge in [-0.25, -0.2) is 14.5 Å². The summed E-state index contributed by atoms with van der Waals surface area (Å²) in [5.41, 5.74) is 2.55. The molecule has 5 rings (SSSR count). The molecule has 9 nitrogen and oxygen atoms in total. The molecule has 0 spiro atoms. The Morgan fingerprint density at radius 3 is 2.90 bits per heavy atom. The largest absolute Gasteiger partial charge is 0.351 e. The van der Waals surface area contributed by atoms with Gasteiger partial charge in [-0.2, -0.15) is 5.10 Å². The van der Waals surface area contributed by atoms with Crippen LogP contribution in [0.5, 0.6) is 0 Å². The molecule has 3 unspecified atom stereocenters. The smallest absolute Gasteiger partial charge is 0.246 e. The number of pyridine rings is 1. The summed E-state index contributed by atoms with van der Waals surface area (Å²) >= 11 is 6.54. The molecule has 1 aliphatic heterocycles. The van der Waals surface area contributed by atoms with Crippen molar-refractivity contribution in [1.82, 2.24) is 34.3 Å². The van der Waals surface area contributed by atoms with Crippen LogP contribution < -0.4 is 5.32 Å². The van der Waals surface area contributed by atoms with Gasteiger partial charge in [-0.3, -0.25) is 4.79 Å². The Kier molecular flexibility index (Phi) is 9.57. The van der Waals surface area contributed by atoms with Crippen molar-refractivity contribution < 1.29 is 4.79 Å². The topological polar surface area (TPSA) is 81.9 Å². The number of rotatable bonds is 10. The number of fused-ring (bicyclic) bond motifs is 1. The minimum Gasteiger partial charge on any atom is -0.351 e. The van der Waals surface area contributed by atoms with Gasteiger partial charge in [-0.05, 0) is 84.6 Å². The second-order valence-electron chi connectivity index (χ2n) is 12.0.